The highest BCUT2D eigenvalue weighted by Crippen LogP contribution is 2.20. The topological polar surface area (TPSA) is 34.1 Å². The van der Waals surface area contributed by atoms with Gasteiger partial charge in [0, 0.05) is 23.2 Å². The molecule has 0 spiro atoms. The summed E-state index contributed by atoms with van der Waals surface area (Å²) in [5, 5.41) is 3.89. The largest absolute Gasteiger partial charge is 0.487 e. The normalized spacial score (nSPS) is 14.2. The number of rotatable bonds is 6. The van der Waals surface area contributed by atoms with Gasteiger partial charge in [-0.15, -0.1) is 0 Å². The monoisotopic (exact) mass is 306 g/mol. The summed E-state index contributed by atoms with van der Waals surface area (Å²) in [7, 11) is 0. The number of nitrogens with zero attached hydrogens (tertiary/aromatic N) is 1. The van der Waals surface area contributed by atoms with Gasteiger partial charge in [0.15, 0.2) is 0 Å². The van der Waals surface area contributed by atoms with E-state index in [1.165, 1.54) is 25.0 Å². The molecule has 0 saturated heterocycles. The van der Waals surface area contributed by atoms with Gasteiger partial charge in [0.1, 0.15) is 18.2 Å². The van der Waals surface area contributed by atoms with Gasteiger partial charge in [-0.2, -0.15) is 0 Å². The van der Waals surface area contributed by atoms with Crippen molar-refractivity contribution in [2.75, 3.05) is 0 Å². The Labute approximate surface area is 128 Å². The Morgan fingerprint density at radius 1 is 1.29 bits per heavy atom. The van der Waals surface area contributed by atoms with Gasteiger partial charge in [0.2, 0.25) is 0 Å². The third-order valence-corrected chi connectivity index (χ3v) is 3.58. The van der Waals surface area contributed by atoms with Crippen molar-refractivity contribution < 1.29 is 9.13 Å². The summed E-state index contributed by atoms with van der Waals surface area (Å²) < 4.78 is 19.1. The van der Waals surface area contributed by atoms with Gasteiger partial charge in [-0.05, 0) is 43.2 Å². The van der Waals surface area contributed by atoms with E-state index in [0.29, 0.717) is 22.4 Å². The van der Waals surface area contributed by atoms with Crippen LogP contribution in [0.2, 0.25) is 5.02 Å². The van der Waals surface area contributed by atoms with Gasteiger partial charge in [-0.25, -0.2) is 4.39 Å². The smallest absolute Gasteiger partial charge is 0.138 e. The Kier molecular flexibility index (Phi) is 4.36. The number of nitrogens with one attached hydrogen (secondary N) is 1. The van der Waals surface area contributed by atoms with E-state index in [1.807, 2.05) is 12.1 Å². The van der Waals surface area contributed by atoms with E-state index in [2.05, 4.69) is 10.3 Å². The molecule has 0 unspecified atom stereocenters. The zero-order valence-electron chi connectivity index (χ0n) is 11.5. The number of pyridine rings is 1. The first-order chi connectivity index (χ1) is 10.2. The summed E-state index contributed by atoms with van der Waals surface area (Å²) in [4.78, 5) is 4.32. The molecule has 0 amide bonds. The maximum Gasteiger partial charge on any atom is 0.138 e. The molecule has 0 atom stereocenters. The van der Waals surface area contributed by atoms with Crippen molar-refractivity contribution in [3.63, 3.8) is 0 Å². The minimum atomic E-state index is -0.322. The summed E-state index contributed by atoms with van der Waals surface area (Å²) >= 11 is 5.84. The molecule has 1 aromatic heterocycles. The molecule has 3 nitrogen and oxygen atoms in total. The van der Waals surface area contributed by atoms with Crippen LogP contribution in [-0.2, 0) is 13.2 Å². The zero-order valence-corrected chi connectivity index (χ0v) is 12.2. The van der Waals surface area contributed by atoms with E-state index in [1.54, 1.807) is 12.3 Å². The SMILES string of the molecule is Fc1ccc(Cl)cc1COc1ccc(CNC2CC2)nc1. The number of hydrogen-bond donors (Lipinski definition) is 1. The Bertz CT molecular complexity index is 614. The molecule has 1 N–H and O–H groups in total. The summed E-state index contributed by atoms with van der Waals surface area (Å²) in [5.41, 5.74) is 1.41. The van der Waals surface area contributed by atoms with E-state index in [4.69, 9.17) is 16.3 Å². The lowest BCUT2D eigenvalue weighted by Gasteiger charge is -2.08. The van der Waals surface area contributed by atoms with Crippen molar-refractivity contribution in [3.05, 3.63) is 58.6 Å². The molecule has 0 aliphatic heterocycles. The highest BCUT2D eigenvalue weighted by Gasteiger charge is 2.20. The summed E-state index contributed by atoms with van der Waals surface area (Å²) in [6, 6.07) is 8.85. The number of halogens is 2. The molecule has 1 heterocycles. The van der Waals surface area contributed by atoms with Crippen LogP contribution in [0.4, 0.5) is 4.39 Å². The van der Waals surface area contributed by atoms with Crippen LogP contribution in [0.5, 0.6) is 5.75 Å². The molecular weight excluding hydrogens is 291 g/mol. The molecule has 3 rings (SSSR count). The lowest BCUT2D eigenvalue weighted by Crippen LogP contribution is -2.16. The molecule has 5 heteroatoms. The van der Waals surface area contributed by atoms with Gasteiger partial charge < -0.3 is 10.1 Å². The fourth-order valence-electron chi connectivity index (χ4n) is 1.95. The predicted octanol–water partition coefficient (Wildman–Crippen LogP) is 3.71. The van der Waals surface area contributed by atoms with E-state index in [-0.39, 0.29) is 12.4 Å². The average molecular weight is 307 g/mol. The van der Waals surface area contributed by atoms with Crippen LogP contribution in [0.3, 0.4) is 0 Å². The number of hydrogen-bond acceptors (Lipinski definition) is 3. The van der Waals surface area contributed by atoms with Crippen molar-refractivity contribution in [2.24, 2.45) is 0 Å². The lowest BCUT2D eigenvalue weighted by atomic mass is 10.2. The van der Waals surface area contributed by atoms with Crippen LogP contribution in [0.25, 0.3) is 0 Å². The van der Waals surface area contributed by atoms with Crippen molar-refractivity contribution in [1.29, 1.82) is 0 Å². The third kappa shape index (κ3) is 4.16. The maximum absolute atomic E-state index is 13.6. The van der Waals surface area contributed by atoms with Crippen LogP contribution in [0.1, 0.15) is 24.1 Å². The number of ether oxygens (including phenoxy) is 1. The van der Waals surface area contributed by atoms with Crippen LogP contribution in [0, 0.1) is 5.82 Å². The Hall–Kier alpha value is -1.65. The second-order valence-electron chi connectivity index (χ2n) is 5.16. The molecular formula is C16H16ClFN2O. The molecule has 1 fully saturated rings. The first-order valence-electron chi connectivity index (χ1n) is 6.96. The maximum atomic E-state index is 13.6. The van der Waals surface area contributed by atoms with Crippen molar-refractivity contribution in [2.45, 2.75) is 32.0 Å². The van der Waals surface area contributed by atoms with E-state index in [9.17, 15) is 4.39 Å². The highest BCUT2D eigenvalue weighted by molar-refractivity contribution is 6.30. The highest BCUT2D eigenvalue weighted by atomic mass is 35.5. The van der Waals surface area contributed by atoms with Crippen molar-refractivity contribution in [1.82, 2.24) is 10.3 Å². The molecule has 0 bridgehead atoms. The van der Waals surface area contributed by atoms with Gasteiger partial charge in [0.05, 0.1) is 11.9 Å². The lowest BCUT2D eigenvalue weighted by molar-refractivity contribution is 0.298. The summed E-state index contributed by atoms with van der Waals surface area (Å²) in [6.45, 7) is 0.904. The van der Waals surface area contributed by atoms with Crippen LogP contribution < -0.4 is 10.1 Å². The first-order valence-corrected chi connectivity index (χ1v) is 7.33. The van der Waals surface area contributed by atoms with E-state index < -0.39 is 0 Å². The zero-order chi connectivity index (χ0) is 14.7. The molecule has 110 valence electrons. The molecule has 0 radical (unpaired) electrons. The van der Waals surface area contributed by atoms with E-state index >= 15 is 0 Å². The number of aromatic nitrogens is 1. The second-order valence-corrected chi connectivity index (χ2v) is 5.60. The average Bonchev–Trinajstić information content (AvgIpc) is 3.31. The third-order valence-electron chi connectivity index (χ3n) is 3.35. The quantitative estimate of drug-likeness (QED) is 0.883. The summed E-state index contributed by atoms with van der Waals surface area (Å²) in [6.07, 6.45) is 4.17. The molecule has 1 saturated carbocycles. The Morgan fingerprint density at radius 2 is 2.14 bits per heavy atom. The van der Waals surface area contributed by atoms with Crippen molar-refractivity contribution >= 4 is 11.6 Å². The predicted molar refractivity (Wildman–Crippen MR) is 79.8 cm³/mol. The Morgan fingerprint density at radius 3 is 2.86 bits per heavy atom. The standard InChI is InChI=1S/C16H16ClFN2O/c17-12-1-6-16(18)11(7-12)10-21-15-5-4-14(20-9-15)8-19-13-2-3-13/h1,4-7,9,13,19H,2-3,8,10H2. The van der Waals surface area contributed by atoms with Gasteiger partial charge in [-0.1, -0.05) is 11.6 Å². The number of benzene rings is 1. The fraction of sp³-hybridized carbons (Fsp3) is 0.312. The summed E-state index contributed by atoms with van der Waals surface area (Å²) in [5.74, 6) is 0.294. The second kappa shape index (κ2) is 6.41. The molecule has 1 aromatic carbocycles. The van der Waals surface area contributed by atoms with Gasteiger partial charge in [-0.3, -0.25) is 4.98 Å². The van der Waals surface area contributed by atoms with E-state index in [0.717, 1.165) is 12.2 Å². The molecule has 21 heavy (non-hydrogen) atoms. The minimum absolute atomic E-state index is 0.133. The minimum Gasteiger partial charge on any atom is -0.487 e. The van der Waals surface area contributed by atoms with Gasteiger partial charge in [0.25, 0.3) is 0 Å². The van der Waals surface area contributed by atoms with Crippen molar-refractivity contribution in [3.8, 4) is 5.75 Å². The van der Waals surface area contributed by atoms with Gasteiger partial charge >= 0.3 is 0 Å². The molecule has 1 aliphatic rings. The molecule has 1 aliphatic carbocycles. The van der Waals surface area contributed by atoms with Crippen LogP contribution in [0.15, 0.2) is 36.5 Å². The fourth-order valence-corrected chi connectivity index (χ4v) is 2.15. The molecule has 2 aromatic rings. The van der Waals surface area contributed by atoms with Crippen LogP contribution >= 0.6 is 11.6 Å². The first kappa shape index (κ1) is 14.3. The Balaban J connectivity index is 1.55. The van der Waals surface area contributed by atoms with Crippen LogP contribution in [-0.4, -0.2) is 11.0 Å².